The highest BCUT2D eigenvalue weighted by atomic mass is 16.2. The molecule has 0 fully saturated rings. The average Bonchev–Trinajstić information content (AvgIpc) is 3.19. The second kappa shape index (κ2) is 8.10. The highest BCUT2D eigenvalue weighted by molar-refractivity contribution is 6.11. The van der Waals surface area contributed by atoms with Crippen molar-refractivity contribution in [3.8, 4) is 0 Å². The Bertz CT molecular complexity index is 1160. The number of nitrogens with zero attached hydrogens (tertiary/aromatic N) is 2. The molecule has 0 bridgehead atoms. The summed E-state index contributed by atoms with van der Waals surface area (Å²) in [5.41, 5.74) is 2.84. The summed E-state index contributed by atoms with van der Waals surface area (Å²) in [7, 11) is 0. The molecule has 5 heteroatoms. The van der Waals surface area contributed by atoms with E-state index in [0.717, 1.165) is 27.7 Å². The van der Waals surface area contributed by atoms with Gasteiger partial charge in [0.05, 0.1) is 13.0 Å². The molecule has 1 aromatic heterocycles. The number of ketones is 1. The standard InChI is InChI=1S/C24H21N3O2/c1-17-13-22(26-25-17)23(28)15-24(29)27(21-9-3-2-4-10-21)16-18-11-12-19-7-5-6-8-20(19)14-18/h2-14H,15-16H2,1H3,(H,25,26). The number of fused-ring (bicyclic) bond motifs is 1. The average molecular weight is 383 g/mol. The summed E-state index contributed by atoms with van der Waals surface area (Å²) in [6.07, 6.45) is -0.229. The van der Waals surface area contributed by atoms with Crippen molar-refractivity contribution in [2.24, 2.45) is 0 Å². The Morgan fingerprint density at radius 3 is 2.34 bits per heavy atom. The van der Waals surface area contributed by atoms with Gasteiger partial charge in [0.15, 0.2) is 5.78 Å². The number of Topliss-reactive ketones (excluding diaryl/α,β-unsaturated/α-hetero) is 1. The van der Waals surface area contributed by atoms with Crippen LogP contribution < -0.4 is 4.90 Å². The zero-order valence-electron chi connectivity index (χ0n) is 16.1. The minimum Gasteiger partial charge on any atom is -0.308 e. The van der Waals surface area contributed by atoms with E-state index in [4.69, 9.17) is 0 Å². The number of hydrogen-bond acceptors (Lipinski definition) is 3. The van der Waals surface area contributed by atoms with Crippen LogP contribution in [0.3, 0.4) is 0 Å². The fraction of sp³-hybridized carbons (Fsp3) is 0.125. The summed E-state index contributed by atoms with van der Waals surface area (Å²) in [4.78, 5) is 27.2. The first-order valence-electron chi connectivity index (χ1n) is 9.48. The number of rotatable bonds is 6. The van der Waals surface area contributed by atoms with E-state index in [2.05, 4.69) is 34.5 Å². The minimum absolute atomic E-state index is 0.229. The van der Waals surface area contributed by atoms with Crippen LogP contribution in [-0.4, -0.2) is 21.9 Å². The van der Waals surface area contributed by atoms with E-state index in [1.165, 1.54) is 0 Å². The lowest BCUT2D eigenvalue weighted by molar-refractivity contribution is -0.117. The van der Waals surface area contributed by atoms with Crippen LogP contribution in [0.25, 0.3) is 10.8 Å². The summed E-state index contributed by atoms with van der Waals surface area (Å²) in [5.74, 6) is -0.547. The lowest BCUT2D eigenvalue weighted by atomic mass is 10.1. The van der Waals surface area contributed by atoms with E-state index >= 15 is 0 Å². The number of amides is 1. The number of H-pyrrole nitrogens is 1. The van der Waals surface area contributed by atoms with Crippen LogP contribution in [0.1, 0.15) is 28.2 Å². The molecule has 0 radical (unpaired) electrons. The van der Waals surface area contributed by atoms with E-state index < -0.39 is 0 Å². The van der Waals surface area contributed by atoms with Crippen LogP contribution in [-0.2, 0) is 11.3 Å². The molecule has 1 N–H and O–H groups in total. The number of carbonyl (C=O) groups is 2. The molecule has 0 saturated heterocycles. The molecule has 4 rings (SSSR count). The Balaban J connectivity index is 1.60. The maximum absolute atomic E-state index is 13.1. The molecule has 0 spiro atoms. The number of aromatic nitrogens is 2. The molecule has 4 aromatic rings. The van der Waals surface area contributed by atoms with Gasteiger partial charge < -0.3 is 4.90 Å². The van der Waals surface area contributed by atoms with Crippen molar-refractivity contribution in [2.75, 3.05) is 4.90 Å². The topological polar surface area (TPSA) is 66.1 Å². The maximum atomic E-state index is 13.1. The number of para-hydroxylation sites is 1. The van der Waals surface area contributed by atoms with Crippen molar-refractivity contribution in [1.29, 1.82) is 0 Å². The molecule has 0 atom stereocenters. The molecule has 3 aromatic carbocycles. The summed E-state index contributed by atoms with van der Waals surface area (Å²) in [6, 6.07) is 25.3. The Morgan fingerprint density at radius 1 is 0.897 bits per heavy atom. The van der Waals surface area contributed by atoms with Crippen molar-refractivity contribution >= 4 is 28.2 Å². The molecular formula is C24H21N3O2. The predicted octanol–water partition coefficient (Wildman–Crippen LogP) is 4.68. The highest BCUT2D eigenvalue weighted by Gasteiger charge is 2.21. The van der Waals surface area contributed by atoms with Gasteiger partial charge in [-0.2, -0.15) is 5.10 Å². The van der Waals surface area contributed by atoms with Crippen molar-refractivity contribution in [1.82, 2.24) is 10.2 Å². The maximum Gasteiger partial charge on any atom is 0.235 e. The van der Waals surface area contributed by atoms with Gasteiger partial charge in [-0.05, 0) is 47.5 Å². The van der Waals surface area contributed by atoms with Gasteiger partial charge in [-0.15, -0.1) is 0 Å². The largest absolute Gasteiger partial charge is 0.308 e. The fourth-order valence-electron chi connectivity index (χ4n) is 3.34. The second-order valence-electron chi connectivity index (χ2n) is 7.03. The number of carbonyl (C=O) groups excluding carboxylic acids is 2. The molecule has 0 aliphatic heterocycles. The summed E-state index contributed by atoms with van der Waals surface area (Å²) < 4.78 is 0. The quantitative estimate of drug-likeness (QED) is 0.388. The Kier molecular flexibility index (Phi) is 5.20. The van der Waals surface area contributed by atoms with E-state index in [0.29, 0.717) is 6.54 Å². The van der Waals surface area contributed by atoms with Crippen molar-refractivity contribution in [2.45, 2.75) is 19.9 Å². The van der Waals surface area contributed by atoms with Crippen LogP contribution in [0, 0.1) is 6.92 Å². The monoisotopic (exact) mass is 383 g/mol. The lowest BCUT2D eigenvalue weighted by Crippen LogP contribution is -2.32. The number of benzene rings is 3. The number of aryl methyl sites for hydroxylation is 1. The van der Waals surface area contributed by atoms with Gasteiger partial charge >= 0.3 is 0 Å². The Morgan fingerprint density at radius 2 is 1.62 bits per heavy atom. The number of nitrogens with one attached hydrogen (secondary N) is 1. The molecule has 0 unspecified atom stereocenters. The summed E-state index contributed by atoms with van der Waals surface area (Å²) in [5, 5.41) is 8.99. The van der Waals surface area contributed by atoms with E-state index in [9.17, 15) is 9.59 Å². The summed E-state index contributed by atoms with van der Waals surface area (Å²) >= 11 is 0. The van der Waals surface area contributed by atoms with Gasteiger partial charge in [-0.3, -0.25) is 14.7 Å². The zero-order valence-corrected chi connectivity index (χ0v) is 16.1. The van der Waals surface area contributed by atoms with Gasteiger partial charge in [0.1, 0.15) is 5.69 Å². The molecule has 1 amide bonds. The molecular weight excluding hydrogens is 362 g/mol. The van der Waals surface area contributed by atoms with Crippen molar-refractivity contribution in [3.05, 3.63) is 95.8 Å². The molecule has 1 heterocycles. The third-order valence-corrected chi connectivity index (χ3v) is 4.83. The molecule has 0 saturated carbocycles. The molecule has 29 heavy (non-hydrogen) atoms. The SMILES string of the molecule is Cc1cc(C(=O)CC(=O)N(Cc2ccc3ccccc3c2)c2ccccc2)n[nH]1. The van der Waals surface area contributed by atoms with E-state index in [1.54, 1.807) is 11.0 Å². The van der Waals surface area contributed by atoms with E-state index in [1.807, 2.05) is 55.5 Å². The van der Waals surface area contributed by atoms with Crippen LogP contribution >= 0.6 is 0 Å². The Hall–Kier alpha value is -3.73. The second-order valence-corrected chi connectivity index (χ2v) is 7.03. The third-order valence-electron chi connectivity index (χ3n) is 4.83. The van der Waals surface area contributed by atoms with Gasteiger partial charge in [0.2, 0.25) is 5.91 Å². The normalized spacial score (nSPS) is 10.8. The fourth-order valence-corrected chi connectivity index (χ4v) is 3.34. The number of anilines is 1. The van der Waals surface area contributed by atoms with Crippen LogP contribution in [0.4, 0.5) is 5.69 Å². The van der Waals surface area contributed by atoms with Gasteiger partial charge in [-0.1, -0.05) is 54.6 Å². The number of hydrogen-bond donors (Lipinski definition) is 1. The van der Waals surface area contributed by atoms with Crippen LogP contribution in [0.15, 0.2) is 78.9 Å². The van der Waals surface area contributed by atoms with Gasteiger partial charge in [0.25, 0.3) is 0 Å². The minimum atomic E-state index is -0.293. The van der Waals surface area contributed by atoms with E-state index in [-0.39, 0.29) is 23.8 Å². The van der Waals surface area contributed by atoms with Crippen molar-refractivity contribution in [3.63, 3.8) is 0 Å². The molecule has 5 nitrogen and oxygen atoms in total. The first-order valence-corrected chi connectivity index (χ1v) is 9.48. The van der Waals surface area contributed by atoms with Crippen molar-refractivity contribution < 1.29 is 9.59 Å². The van der Waals surface area contributed by atoms with Gasteiger partial charge in [-0.25, -0.2) is 0 Å². The smallest absolute Gasteiger partial charge is 0.235 e. The molecule has 0 aliphatic carbocycles. The summed E-state index contributed by atoms with van der Waals surface area (Å²) in [6.45, 7) is 2.21. The number of aromatic amines is 1. The first kappa shape index (κ1) is 18.6. The molecule has 144 valence electrons. The van der Waals surface area contributed by atoms with Crippen LogP contribution in [0.2, 0.25) is 0 Å². The lowest BCUT2D eigenvalue weighted by Gasteiger charge is -2.23. The predicted molar refractivity (Wildman–Crippen MR) is 114 cm³/mol. The highest BCUT2D eigenvalue weighted by Crippen LogP contribution is 2.22. The first-order chi connectivity index (χ1) is 14.1. The third kappa shape index (κ3) is 4.24. The van der Waals surface area contributed by atoms with Crippen LogP contribution in [0.5, 0.6) is 0 Å². The molecule has 0 aliphatic rings. The van der Waals surface area contributed by atoms with Gasteiger partial charge in [0, 0.05) is 11.4 Å². The zero-order chi connectivity index (χ0) is 20.2. The Labute approximate surface area is 169 Å².